The molecule has 1 aliphatic carbocycles. The first kappa shape index (κ1) is 30.1. The standard InChI is InChI=1S/C24H32N6O4S.CH4O3S/c1-29-23-20(21(28-29)15-6-4-3-5-7-15)24(31)27-22(26-23)18-9-8-17(14-19(18)34-2)35(32,33)30-12-10-16(25)11-13-30;1-5(2,3)4/h8-9,14-16H,3-7,10-13,25H2,1-2H3,(H,26,27,31);1H3,(H,2,3,4). The SMILES string of the molecule is COc1cc(S(=O)(=O)N2CCC(N)CC2)ccc1-c1nc2c(c(C3CCCCC3)nn2C)c(=O)[nH]1.CS(=O)(=O)O. The first-order chi connectivity index (χ1) is 18.8. The molecule has 0 atom stereocenters. The zero-order valence-corrected chi connectivity index (χ0v) is 24.5. The number of ether oxygens (including phenoxy) is 1. The molecule has 1 saturated heterocycles. The molecule has 0 unspecified atom stereocenters. The van der Waals surface area contributed by atoms with E-state index in [9.17, 15) is 21.6 Å². The molecule has 2 fully saturated rings. The van der Waals surface area contributed by atoms with Crippen molar-refractivity contribution < 1.29 is 26.1 Å². The number of nitrogens with one attached hydrogen (secondary N) is 1. The molecule has 0 radical (unpaired) electrons. The maximum atomic E-state index is 13.2. The van der Waals surface area contributed by atoms with Crippen molar-refractivity contribution in [3.8, 4) is 17.1 Å². The second-order valence-electron chi connectivity index (χ2n) is 10.3. The smallest absolute Gasteiger partial charge is 0.262 e. The third-order valence-corrected chi connectivity index (χ3v) is 9.17. The molecule has 1 saturated carbocycles. The highest BCUT2D eigenvalue weighted by Crippen LogP contribution is 2.36. The number of nitrogens with zero attached hydrogens (tertiary/aromatic N) is 4. The van der Waals surface area contributed by atoms with Crippen molar-refractivity contribution in [1.29, 1.82) is 0 Å². The van der Waals surface area contributed by atoms with Gasteiger partial charge in [0.05, 0.1) is 29.5 Å². The Kier molecular flexibility index (Phi) is 8.99. The minimum Gasteiger partial charge on any atom is -0.496 e. The summed E-state index contributed by atoms with van der Waals surface area (Å²) in [6, 6.07) is 4.67. The van der Waals surface area contributed by atoms with E-state index in [2.05, 4.69) is 10.1 Å². The van der Waals surface area contributed by atoms with Crippen LogP contribution in [0.15, 0.2) is 27.9 Å². The van der Waals surface area contributed by atoms with Gasteiger partial charge in [0.1, 0.15) is 17.0 Å². The number of nitrogens with two attached hydrogens (primary N) is 1. The molecule has 1 aromatic carbocycles. The monoisotopic (exact) mass is 596 g/mol. The first-order valence-electron chi connectivity index (χ1n) is 13.1. The zero-order valence-electron chi connectivity index (χ0n) is 22.8. The molecule has 13 nitrogen and oxygen atoms in total. The van der Waals surface area contributed by atoms with Gasteiger partial charge in [-0.05, 0) is 37.8 Å². The maximum Gasteiger partial charge on any atom is 0.262 e. The Hall–Kier alpha value is -2.85. The van der Waals surface area contributed by atoms with E-state index in [1.807, 2.05) is 0 Å². The van der Waals surface area contributed by atoms with Crippen molar-refractivity contribution in [1.82, 2.24) is 24.1 Å². The van der Waals surface area contributed by atoms with Crippen molar-refractivity contribution in [3.05, 3.63) is 34.2 Å². The van der Waals surface area contributed by atoms with Crippen LogP contribution < -0.4 is 16.0 Å². The molecule has 5 rings (SSSR count). The predicted octanol–water partition coefficient (Wildman–Crippen LogP) is 2.00. The minimum atomic E-state index is -3.68. The van der Waals surface area contributed by atoms with Crippen LogP contribution in [0.3, 0.4) is 0 Å². The van der Waals surface area contributed by atoms with Crippen molar-refractivity contribution in [2.45, 2.75) is 61.8 Å². The number of methoxy groups -OCH3 is 1. The molecular formula is C25H36N6O7S2. The fourth-order valence-corrected chi connectivity index (χ4v) is 6.75. The van der Waals surface area contributed by atoms with Gasteiger partial charge in [-0.15, -0.1) is 0 Å². The number of piperidine rings is 1. The number of aryl methyl sites for hydroxylation is 1. The van der Waals surface area contributed by atoms with E-state index in [4.69, 9.17) is 20.0 Å². The Morgan fingerprint density at radius 3 is 2.30 bits per heavy atom. The molecule has 15 heteroatoms. The number of sulfonamides is 1. The van der Waals surface area contributed by atoms with Gasteiger partial charge in [-0.3, -0.25) is 9.35 Å². The van der Waals surface area contributed by atoms with Gasteiger partial charge in [0.15, 0.2) is 5.65 Å². The van der Waals surface area contributed by atoms with Crippen LogP contribution in [0.1, 0.15) is 56.6 Å². The van der Waals surface area contributed by atoms with Crippen molar-refractivity contribution in [2.75, 3.05) is 26.5 Å². The summed E-state index contributed by atoms with van der Waals surface area (Å²) < 4.78 is 60.9. The van der Waals surface area contributed by atoms with Crippen LogP contribution in [0.5, 0.6) is 5.75 Å². The Morgan fingerprint density at radius 1 is 1.07 bits per heavy atom. The van der Waals surface area contributed by atoms with Gasteiger partial charge < -0.3 is 15.5 Å². The highest BCUT2D eigenvalue weighted by Gasteiger charge is 2.30. The molecule has 1 aliphatic heterocycles. The van der Waals surface area contributed by atoms with Gasteiger partial charge in [0, 0.05) is 38.2 Å². The summed E-state index contributed by atoms with van der Waals surface area (Å²) in [5.41, 5.74) is 7.51. The molecule has 0 spiro atoms. The van der Waals surface area contributed by atoms with E-state index in [0.29, 0.717) is 60.4 Å². The molecule has 220 valence electrons. The van der Waals surface area contributed by atoms with E-state index in [0.717, 1.165) is 31.4 Å². The van der Waals surface area contributed by atoms with Crippen LogP contribution in [0.4, 0.5) is 0 Å². The van der Waals surface area contributed by atoms with Crippen LogP contribution in [-0.4, -0.2) is 77.9 Å². The van der Waals surface area contributed by atoms with Gasteiger partial charge in [0.2, 0.25) is 10.0 Å². The molecule has 2 aromatic heterocycles. The van der Waals surface area contributed by atoms with E-state index in [-0.39, 0.29) is 22.4 Å². The van der Waals surface area contributed by atoms with Crippen molar-refractivity contribution in [2.24, 2.45) is 12.8 Å². The Balaban J connectivity index is 0.000000681. The number of hydrogen-bond acceptors (Lipinski definition) is 9. The van der Waals surface area contributed by atoms with Crippen LogP contribution in [0.2, 0.25) is 0 Å². The molecule has 2 aliphatic rings. The molecule has 4 N–H and O–H groups in total. The number of aromatic nitrogens is 4. The van der Waals surface area contributed by atoms with Crippen LogP contribution in [-0.2, 0) is 27.2 Å². The highest BCUT2D eigenvalue weighted by molar-refractivity contribution is 7.89. The van der Waals surface area contributed by atoms with Gasteiger partial charge in [-0.1, -0.05) is 19.3 Å². The summed E-state index contributed by atoms with van der Waals surface area (Å²) in [6.45, 7) is 0.784. The largest absolute Gasteiger partial charge is 0.496 e. The van der Waals surface area contributed by atoms with E-state index in [1.165, 1.54) is 30.0 Å². The van der Waals surface area contributed by atoms with Crippen LogP contribution in [0, 0.1) is 0 Å². The number of aromatic amines is 1. The summed E-state index contributed by atoms with van der Waals surface area (Å²) >= 11 is 0. The van der Waals surface area contributed by atoms with E-state index < -0.39 is 20.1 Å². The average Bonchev–Trinajstić information content (AvgIpc) is 3.25. The minimum absolute atomic E-state index is 0.0295. The van der Waals surface area contributed by atoms with Crippen molar-refractivity contribution in [3.63, 3.8) is 0 Å². The molecule has 0 bridgehead atoms. The summed E-state index contributed by atoms with van der Waals surface area (Å²) in [4.78, 5) is 20.9. The lowest BCUT2D eigenvalue weighted by atomic mass is 9.86. The topological polar surface area (TPSA) is 191 Å². The van der Waals surface area contributed by atoms with Gasteiger partial charge in [-0.25, -0.2) is 18.1 Å². The fourth-order valence-electron chi connectivity index (χ4n) is 5.27. The highest BCUT2D eigenvalue weighted by atomic mass is 32.2. The van der Waals surface area contributed by atoms with Crippen molar-refractivity contribution >= 4 is 31.2 Å². The molecule has 0 amide bonds. The van der Waals surface area contributed by atoms with Crippen LogP contribution >= 0.6 is 0 Å². The normalized spacial score (nSPS) is 17.9. The molecule has 3 heterocycles. The molecule has 3 aromatic rings. The number of rotatable bonds is 5. The van der Waals surface area contributed by atoms with Gasteiger partial charge in [-0.2, -0.15) is 17.8 Å². The number of hydrogen-bond donors (Lipinski definition) is 3. The summed E-state index contributed by atoms with van der Waals surface area (Å²) in [5, 5.41) is 5.20. The third-order valence-electron chi connectivity index (χ3n) is 7.28. The lowest BCUT2D eigenvalue weighted by Crippen LogP contribution is -2.42. The number of benzene rings is 1. The van der Waals surface area contributed by atoms with Gasteiger partial charge in [0.25, 0.3) is 15.7 Å². The Morgan fingerprint density at radius 2 is 1.70 bits per heavy atom. The first-order valence-corrected chi connectivity index (χ1v) is 16.4. The summed E-state index contributed by atoms with van der Waals surface area (Å²) in [5.74, 6) is 0.895. The van der Waals surface area contributed by atoms with Gasteiger partial charge >= 0.3 is 0 Å². The average molecular weight is 597 g/mol. The van der Waals surface area contributed by atoms with Crippen LogP contribution in [0.25, 0.3) is 22.4 Å². The Labute approximate surface area is 233 Å². The van der Waals surface area contributed by atoms with E-state index >= 15 is 0 Å². The second-order valence-corrected chi connectivity index (χ2v) is 13.7. The molecule has 40 heavy (non-hydrogen) atoms. The fraction of sp³-hybridized carbons (Fsp3) is 0.560. The predicted molar refractivity (Wildman–Crippen MR) is 150 cm³/mol. The summed E-state index contributed by atoms with van der Waals surface area (Å²) in [7, 11) is -4.09. The number of H-pyrrole nitrogens is 1. The Bertz CT molecular complexity index is 1630. The maximum absolute atomic E-state index is 13.2. The second kappa shape index (κ2) is 11.9. The van der Waals surface area contributed by atoms with E-state index in [1.54, 1.807) is 17.8 Å². The number of fused-ring (bicyclic) bond motifs is 1. The summed E-state index contributed by atoms with van der Waals surface area (Å²) in [6.07, 6.45) is 7.54. The third kappa shape index (κ3) is 6.71. The quantitative estimate of drug-likeness (QED) is 0.367. The zero-order chi connectivity index (χ0) is 29.2. The lowest BCUT2D eigenvalue weighted by Gasteiger charge is -2.29. The lowest BCUT2D eigenvalue weighted by molar-refractivity contribution is 0.320. The molecular weight excluding hydrogens is 560 g/mol.